The van der Waals surface area contributed by atoms with Crippen LogP contribution in [0.2, 0.25) is 0 Å². The van der Waals surface area contributed by atoms with Gasteiger partial charge in [-0.05, 0) is 42.6 Å². The minimum absolute atomic E-state index is 0.385. The smallest absolute Gasteiger partial charge is 0.128 e. The zero-order chi connectivity index (χ0) is 14.3. The molecular formula is C16H27N3. The molecule has 1 heterocycles. The van der Waals surface area contributed by atoms with E-state index in [2.05, 4.69) is 38.0 Å². The molecule has 0 amide bonds. The normalized spacial score (nSPS) is 22.2. The van der Waals surface area contributed by atoms with E-state index in [0.717, 1.165) is 17.1 Å². The maximum Gasteiger partial charge on any atom is 0.128 e. The van der Waals surface area contributed by atoms with Crippen LogP contribution in [0.25, 0.3) is 0 Å². The van der Waals surface area contributed by atoms with Gasteiger partial charge in [0.1, 0.15) is 5.82 Å². The summed E-state index contributed by atoms with van der Waals surface area (Å²) >= 11 is 0. The highest BCUT2D eigenvalue weighted by atomic mass is 15.0. The van der Waals surface area contributed by atoms with Gasteiger partial charge in [0, 0.05) is 24.0 Å². The van der Waals surface area contributed by atoms with E-state index in [1.165, 1.54) is 19.3 Å². The molecule has 3 nitrogen and oxygen atoms in total. The third-order valence-electron chi connectivity index (χ3n) is 4.05. The quantitative estimate of drug-likeness (QED) is 0.846. The molecule has 19 heavy (non-hydrogen) atoms. The number of aryl methyl sites for hydroxylation is 1. The number of anilines is 2. The van der Waals surface area contributed by atoms with Crippen LogP contribution in [0.4, 0.5) is 11.5 Å². The molecule has 1 aliphatic carbocycles. The summed E-state index contributed by atoms with van der Waals surface area (Å²) in [5, 5.41) is 3.57. The second kappa shape index (κ2) is 4.69. The van der Waals surface area contributed by atoms with E-state index in [4.69, 9.17) is 5.73 Å². The van der Waals surface area contributed by atoms with E-state index in [1.807, 2.05) is 19.2 Å². The van der Waals surface area contributed by atoms with Crippen LogP contribution in [0, 0.1) is 17.8 Å². The van der Waals surface area contributed by atoms with Crippen molar-refractivity contribution >= 4 is 11.5 Å². The van der Waals surface area contributed by atoms with Crippen LogP contribution in [0.1, 0.15) is 52.5 Å². The number of hydrogen-bond acceptors (Lipinski definition) is 3. The number of pyridine rings is 1. The van der Waals surface area contributed by atoms with Crippen molar-refractivity contribution in [1.29, 1.82) is 0 Å². The zero-order valence-corrected chi connectivity index (χ0v) is 12.9. The summed E-state index contributed by atoms with van der Waals surface area (Å²) in [4.78, 5) is 4.44. The van der Waals surface area contributed by atoms with Gasteiger partial charge in [0.15, 0.2) is 0 Å². The van der Waals surface area contributed by atoms with Crippen molar-refractivity contribution in [3.05, 3.63) is 17.8 Å². The third-order valence-corrected chi connectivity index (χ3v) is 4.05. The van der Waals surface area contributed by atoms with Gasteiger partial charge < -0.3 is 11.1 Å². The number of nitrogens with two attached hydrogens (primary N) is 1. The van der Waals surface area contributed by atoms with Crippen molar-refractivity contribution in [3.8, 4) is 0 Å². The molecule has 0 aromatic carbocycles. The lowest BCUT2D eigenvalue weighted by atomic mass is 9.63. The predicted molar refractivity (Wildman–Crippen MR) is 82.2 cm³/mol. The summed E-state index contributed by atoms with van der Waals surface area (Å²) in [6.45, 7) is 11.4. The first-order valence-electron chi connectivity index (χ1n) is 7.16. The van der Waals surface area contributed by atoms with E-state index in [-0.39, 0.29) is 0 Å². The monoisotopic (exact) mass is 261 g/mol. The van der Waals surface area contributed by atoms with Crippen molar-refractivity contribution in [2.24, 2.45) is 10.8 Å². The van der Waals surface area contributed by atoms with Gasteiger partial charge in [-0.15, -0.1) is 0 Å². The van der Waals surface area contributed by atoms with Crippen molar-refractivity contribution < 1.29 is 0 Å². The van der Waals surface area contributed by atoms with Crippen LogP contribution in [-0.2, 0) is 0 Å². The summed E-state index contributed by atoms with van der Waals surface area (Å²) in [6.07, 6.45) is 5.50. The molecule has 3 N–H and O–H groups in total. The molecule has 1 aromatic heterocycles. The summed E-state index contributed by atoms with van der Waals surface area (Å²) in [5.74, 6) is 0.904. The Kier molecular flexibility index (Phi) is 3.50. The summed E-state index contributed by atoms with van der Waals surface area (Å²) in [5.41, 5.74) is 8.57. The van der Waals surface area contributed by atoms with Crippen LogP contribution in [0.15, 0.2) is 12.3 Å². The topological polar surface area (TPSA) is 50.9 Å². The Morgan fingerprint density at radius 1 is 1.21 bits per heavy atom. The number of rotatable bonds is 2. The molecule has 0 bridgehead atoms. The van der Waals surface area contributed by atoms with Crippen molar-refractivity contribution in [2.75, 3.05) is 11.1 Å². The second-order valence-corrected chi connectivity index (χ2v) is 7.68. The van der Waals surface area contributed by atoms with Gasteiger partial charge in [-0.3, -0.25) is 0 Å². The van der Waals surface area contributed by atoms with Gasteiger partial charge in [-0.1, -0.05) is 27.7 Å². The molecule has 0 saturated heterocycles. The fourth-order valence-corrected chi connectivity index (χ4v) is 3.78. The van der Waals surface area contributed by atoms with Crippen molar-refractivity contribution in [2.45, 2.75) is 59.9 Å². The first-order chi connectivity index (χ1) is 8.67. The number of aromatic nitrogens is 1. The Morgan fingerprint density at radius 2 is 1.79 bits per heavy atom. The molecule has 0 atom stereocenters. The summed E-state index contributed by atoms with van der Waals surface area (Å²) in [6, 6.07) is 2.43. The van der Waals surface area contributed by atoms with Crippen LogP contribution in [0.3, 0.4) is 0 Å². The maximum absolute atomic E-state index is 5.95. The van der Waals surface area contributed by atoms with Gasteiger partial charge in [-0.25, -0.2) is 4.98 Å². The predicted octanol–water partition coefficient (Wildman–Crippen LogP) is 3.99. The first kappa shape index (κ1) is 14.2. The average Bonchev–Trinajstić information content (AvgIpc) is 2.18. The first-order valence-corrected chi connectivity index (χ1v) is 7.16. The van der Waals surface area contributed by atoms with Crippen molar-refractivity contribution in [3.63, 3.8) is 0 Å². The van der Waals surface area contributed by atoms with Gasteiger partial charge in [0.25, 0.3) is 0 Å². The van der Waals surface area contributed by atoms with Gasteiger partial charge in [0.2, 0.25) is 0 Å². The SMILES string of the molecule is Cc1cnc(NC2CC(C)(C)CC(C)(C)C2)cc1N. The maximum atomic E-state index is 5.95. The molecule has 2 rings (SSSR count). The van der Waals surface area contributed by atoms with Crippen LogP contribution < -0.4 is 11.1 Å². The Hall–Kier alpha value is -1.25. The fraction of sp³-hybridized carbons (Fsp3) is 0.688. The van der Waals surface area contributed by atoms with E-state index in [1.54, 1.807) is 0 Å². The number of hydrogen-bond donors (Lipinski definition) is 2. The Balaban J connectivity index is 2.11. The standard InChI is InChI=1S/C16H27N3/c1-11-9-18-14(6-13(11)17)19-12-7-15(2,3)10-16(4,5)8-12/h6,9,12H,7-8,10H2,1-5H3,(H3,17,18,19). The molecule has 3 heteroatoms. The fourth-order valence-electron chi connectivity index (χ4n) is 3.78. The van der Waals surface area contributed by atoms with Crippen LogP contribution >= 0.6 is 0 Å². The van der Waals surface area contributed by atoms with Gasteiger partial charge in [-0.2, -0.15) is 0 Å². The molecular weight excluding hydrogens is 234 g/mol. The minimum Gasteiger partial charge on any atom is -0.398 e. The molecule has 1 fully saturated rings. The van der Waals surface area contributed by atoms with Crippen molar-refractivity contribution in [1.82, 2.24) is 4.98 Å². The zero-order valence-electron chi connectivity index (χ0n) is 12.9. The lowest BCUT2D eigenvalue weighted by Crippen LogP contribution is -2.40. The minimum atomic E-state index is 0.385. The van der Waals surface area contributed by atoms with E-state index < -0.39 is 0 Å². The molecule has 0 spiro atoms. The lowest BCUT2D eigenvalue weighted by Gasteiger charge is -2.45. The molecule has 0 aliphatic heterocycles. The average molecular weight is 261 g/mol. The lowest BCUT2D eigenvalue weighted by molar-refractivity contribution is 0.105. The molecule has 1 saturated carbocycles. The van der Waals surface area contributed by atoms with E-state index >= 15 is 0 Å². The molecule has 1 aliphatic rings. The van der Waals surface area contributed by atoms with Crippen LogP contribution in [-0.4, -0.2) is 11.0 Å². The number of nitrogens with zero attached hydrogens (tertiary/aromatic N) is 1. The van der Waals surface area contributed by atoms with E-state index in [9.17, 15) is 0 Å². The van der Waals surface area contributed by atoms with E-state index in [0.29, 0.717) is 16.9 Å². The van der Waals surface area contributed by atoms with Gasteiger partial charge in [0.05, 0.1) is 0 Å². The third kappa shape index (κ3) is 3.62. The van der Waals surface area contributed by atoms with Gasteiger partial charge >= 0.3 is 0 Å². The second-order valence-electron chi connectivity index (χ2n) is 7.68. The summed E-state index contributed by atoms with van der Waals surface area (Å²) < 4.78 is 0. The molecule has 0 unspecified atom stereocenters. The molecule has 106 valence electrons. The summed E-state index contributed by atoms with van der Waals surface area (Å²) in [7, 11) is 0. The Bertz CT molecular complexity index is 447. The largest absolute Gasteiger partial charge is 0.398 e. The number of nitrogens with one attached hydrogen (secondary N) is 1. The highest BCUT2D eigenvalue weighted by Gasteiger charge is 2.38. The molecule has 1 aromatic rings. The highest BCUT2D eigenvalue weighted by molar-refractivity contribution is 5.53. The Labute approximate surface area is 117 Å². The Morgan fingerprint density at radius 3 is 2.32 bits per heavy atom. The number of nitrogen functional groups attached to an aromatic ring is 1. The highest BCUT2D eigenvalue weighted by Crippen LogP contribution is 2.46. The van der Waals surface area contributed by atoms with Crippen LogP contribution in [0.5, 0.6) is 0 Å². The molecule has 0 radical (unpaired) electrons.